The van der Waals surface area contributed by atoms with Crippen LogP contribution < -0.4 is 10.2 Å². The molecule has 2 amide bonds. The van der Waals surface area contributed by atoms with Gasteiger partial charge in [0, 0.05) is 38.3 Å². The van der Waals surface area contributed by atoms with E-state index >= 15 is 0 Å². The highest BCUT2D eigenvalue weighted by Crippen LogP contribution is 2.24. The summed E-state index contributed by atoms with van der Waals surface area (Å²) in [5.41, 5.74) is 5.65. The third kappa shape index (κ3) is 6.41. The lowest BCUT2D eigenvalue weighted by atomic mass is 10.0. The van der Waals surface area contributed by atoms with Crippen LogP contribution in [0, 0.1) is 13.8 Å². The topological polar surface area (TPSA) is 61.9 Å². The first-order valence-corrected chi connectivity index (χ1v) is 12.1. The number of nitrogens with one attached hydrogen (secondary N) is 1. The van der Waals surface area contributed by atoms with E-state index < -0.39 is 12.1 Å². The minimum Gasteiger partial charge on any atom is -0.445 e. The number of alkyl carbamates (subject to hydrolysis) is 1. The molecule has 0 spiro atoms. The summed E-state index contributed by atoms with van der Waals surface area (Å²) < 4.78 is 5.40. The SMILES string of the molecule is Cc1cccc(N2CCN(C(=O)C(Cc3ccccc3)NC(=O)OCc3ccccc3)CC2)c1C. The van der Waals surface area contributed by atoms with Gasteiger partial charge in [0.15, 0.2) is 0 Å². The Labute approximate surface area is 207 Å². The lowest BCUT2D eigenvalue weighted by Gasteiger charge is -2.38. The predicted molar refractivity (Wildman–Crippen MR) is 138 cm³/mol. The molecule has 1 atom stereocenters. The van der Waals surface area contributed by atoms with E-state index in [4.69, 9.17) is 4.74 Å². The summed E-state index contributed by atoms with van der Waals surface area (Å²) >= 11 is 0. The molecule has 6 nitrogen and oxygen atoms in total. The van der Waals surface area contributed by atoms with E-state index in [0.717, 1.165) is 24.2 Å². The van der Waals surface area contributed by atoms with E-state index in [0.29, 0.717) is 19.5 Å². The van der Waals surface area contributed by atoms with E-state index in [-0.39, 0.29) is 12.5 Å². The van der Waals surface area contributed by atoms with Gasteiger partial charge in [-0.05, 0) is 42.2 Å². The molecule has 1 saturated heterocycles. The highest BCUT2D eigenvalue weighted by molar-refractivity contribution is 5.86. The van der Waals surface area contributed by atoms with Crippen molar-refractivity contribution in [1.29, 1.82) is 0 Å². The highest BCUT2D eigenvalue weighted by Gasteiger charge is 2.29. The first-order valence-electron chi connectivity index (χ1n) is 12.1. The Morgan fingerprint density at radius 2 is 1.46 bits per heavy atom. The summed E-state index contributed by atoms with van der Waals surface area (Å²) in [6.45, 7) is 7.15. The molecule has 0 aliphatic carbocycles. The summed E-state index contributed by atoms with van der Waals surface area (Å²) in [5, 5.41) is 2.83. The second-order valence-corrected chi connectivity index (χ2v) is 8.98. The molecule has 1 aliphatic rings. The smallest absolute Gasteiger partial charge is 0.408 e. The summed E-state index contributed by atoms with van der Waals surface area (Å²) in [6.07, 6.45) is -0.172. The standard InChI is InChI=1S/C29H33N3O3/c1-22-10-9-15-27(23(22)2)31-16-18-32(19-17-31)28(33)26(20-24-11-5-3-6-12-24)30-29(34)35-21-25-13-7-4-8-14-25/h3-15,26H,16-21H2,1-2H3,(H,30,34). The number of rotatable bonds is 7. The number of amides is 2. The molecule has 3 aromatic carbocycles. The lowest BCUT2D eigenvalue weighted by molar-refractivity contribution is -0.133. The van der Waals surface area contributed by atoms with E-state index in [1.54, 1.807) is 0 Å². The van der Waals surface area contributed by atoms with Gasteiger partial charge in [-0.3, -0.25) is 4.79 Å². The Hall–Kier alpha value is -3.80. The van der Waals surface area contributed by atoms with Gasteiger partial charge < -0.3 is 19.9 Å². The Morgan fingerprint density at radius 3 is 2.11 bits per heavy atom. The minimum absolute atomic E-state index is 0.0777. The molecule has 6 heteroatoms. The van der Waals surface area contributed by atoms with Gasteiger partial charge in [0.1, 0.15) is 12.6 Å². The number of carbonyl (C=O) groups excluding carboxylic acids is 2. The van der Waals surface area contributed by atoms with Gasteiger partial charge in [0.05, 0.1) is 0 Å². The highest BCUT2D eigenvalue weighted by atomic mass is 16.5. The van der Waals surface area contributed by atoms with Crippen molar-refractivity contribution in [2.75, 3.05) is 31.1 Å². The molecule has 35 heavy (non-hydrogen) atoms. The summed E-state index contributed by atoms with van der Waals surface area (Å²) in [6, 6.07) is 24.9. The summed E-state index contributed by atoms with van der Waals surface area (Å²) in [5.74, 6) is -0.0777. The Kier molecular flexibility index (Phi) is 8.03. The van der Waals surface area contributed by atoms with E-state index in [1.807, 2.05) is 65.6 Å². The largest absolute Gasteiger partial charge is 0.445 e. The number of hydrogen-bond acceptors (Lipinski definition) is 4. The van der Waals surface area contributed by atoms with Crippen molar-refractivity contribution in [2.24, 2.45) is 0 Å². The number of aryl methyl sites for hydroxylation is 1. The summed E-state index contributed by atoms with van der Waals surface area (Å²) in [4.78, 5) is 30.3. The molecule has 0 aromatic heterocycles. The van der Waals surface area contributed by atoms with Crippen molar-refractivity contribution in [3.63, 3.8) is 0 Å². The van der Waals surface area contributed by atoms with Gasteiger partial charge >= 0.3 is 6.09 Å². The Bertz CT molecular complexity index is 1130. The second kappa shape index (κ2) is 11.6. The van der Waals surface area contributed by atoms with Crippen LogP contribution in [0.15, 0.2) is 78.9 Å². The average molecular weight is 472 g/mol. The number of benzene rings is 3. The third-order valence-corrected chi connectivity index (χ3v) is 6.59. The van der Waals surface area contributed by atoms with Crippen LogP contribution in [-0.2, 0) is 22.6 Å². The molecule has 182 valence electrons. The van der Waals surface area contributed by atoms with Crippen molar-refractivity contribution in [1.82, 2.24) is 10.2 Å². The van der Waals surface area contributed by atoms with Crippen molar-refractivity contribution in [2.45, 2.75) is 32.9 Å². The van der Waals surface area contributed by atoms with Crippen molar-refractivity contribution >= 4 is 17.7 Å². The molecule has 0 saturated carbocycles. The van der Waals surface area contributed by atoms with Crippen LogP contribution in [0.2, 0.25) is 0 Å². The second-order valence-electron chi connectivity index (χ2n) is 8.98. The molecule has 1 unspecified atom stereocenters. The van der Waals surface area contributed by atoms with Gasteiger partial charge in [0.25, 0.3) is 0 Å². The van der Waals surface area contributed by atoms with Gasteiger partial charge in [-0.15, -0.1) is 0 Å². The fourth-order valence-electron chi connectivity index (χ4n) is 4.42. The maximum Gasteiger partial charge on any atom is 0.408 e. The number of carbonyl (C=O) groups is 2. The molecule has 1 heterocycles. The van der Waals surface area contributed by atoms with Gasteiger partial charge in [0.2, 0.25) is 5.91 Å². The van der Waals surface area contributed by atoms with Crippen LogP contribution in [0.4, 0.5) is 10.5 Å². The average Bonchev–Trinajstić information content (AvgIpc) is 2.90. The number of nitrogens with zero attached hydrogens (tertiary/aromatic N) is 2. The fraction of sp³-hybridized carbons (Fsp3) is 0.310. The van der Waals surface area contributed by atoms with Crippen LogP contribution in [0.1, 0.15) is 22.3 Å². The normalized spacial score (nSPS) is 14.3. The quantitative estimate of drug-likeness (QED) is 0.552. The van der Waals surface area contributed by atoms with Crippen LogP contribution >= 0.6 is 0 Å². The molecule has 1 N–H and O–H groups in total. The zero-order valence-corrected chi connectivity index (χ0v) is 20.4. The van der Waals surface area contributed by atoms with Crippen LogP contribution in [0.3, 0.4) is 0 Å². The molecular weight excluding hydrogens is 438 g/mol. The molecule has 4 rings (SSSR count). The summed E-state index contributed by atoms with van der Waals surface area (Å²) in [7, 11) is 0. The van der Waals surface area contributed by atoms with Gasteiger partial charge in [-0.25, -0.2) is 4.79 Å². The van der Waals surface area contributed by atoms with Crippen molar-refractivity contribution in [3.8, 4) is 0 Å². The van der Waals surface area contributed by atoms with Crippen molar-refractivity contribution in [3.05, 3.63) is 101 Å². The first kappa shape index (κ1) is 24.3. The van der Waals surface area contributed by atoms with Gasteiger partial charge in [-0.1, -0.05) is 72.8 Å². The van der Waals surface area contributed by atoms with Crippen molar-refractivity contribution < 1.29 is 14.3 Å². The lowest BCUT2D eigenvalue weighted by Crippen LogP contribution is -2.55. The fourth-order valence-corrected chi connectivity index (χ4v) is 4.42. The molecule has 1 fully saturated rings. The predicted octanol–water partition coefficient (Wildman–Crippen LogP) is 4.49. The van der Waals surface area contributed by atoms with Crippen LogP contribution in [0.25, 0.3) is 0 Å². The number of piperazine rings is 1. The van der Waals surface area contributed by atoms with E-state index in [2.05, 4.69) is 42.3 Å². The van der Waals surface area contributed by atoms with Crippen LogP contribution in [-0.4, -0.2) is 49.1 Å². The van der Waals surface area contributed by atoms with E-state index in [1.165, 1.54) is 16.8 Å². The molecule has 3 aromatic rings. The minimum atomic E-state index is -0.687. The number of hydrogen-bond donors (Lipinski definition) is 1. The molecule has 0 radical (unpaired) electrons. The Balaban J connectivity index is 1.40. The molecule has 1 aliphatic heterocycles. The molecule has 0 bridgehead atoms. The van der Waals surface area contributed by atoms with E-state index in [9.17, 15) is 9.59 Å². The maximum absolute atomic E-state index is 13.5. The first-order chi connectivity index (χ1) is 17.0. The number of ether oxygens (including phenoxy) is 1. The molecular formula is C29H33N3O3. The van der Waals surface area contributed by atoms with Gasteiger partial charge in [-0.2, -0.15) is 0 Å². The van der Waals surface area contributed by atoms with Crippen LogP contribution in [0.5, 0.6) is 0 Å². The number of anilines is 1. The zero-order valence-electron chi connectivity index (χ0n) is 20.4. The third-order valence-electron chi connectivity index (χ3n) is 6.59. The Morgan fingerprint density at radius 1 is 0.829 bits per heavy atom. The monoisotopic (exact) mass is 471 g/mol. The maximum atomic E-state index is 13.5. The zero-order chi connectivity index (χ0) is 24.6.